The molecule has 0 bridgehead atoms. The first-order valence-corrected chi connectivity index (χ1v) is 10.6. The number of guanidine groups is 1. The molecule has 0 radical (unpaired) electrons. The molecule has 0 aliphatic carbocycles. The van der Waals surface area contributed by atoms with Crippen LogP contribution >= 0.6 is 0 Å². The SMILES string of the molecule is CCNC(=NCC1CCS(=O)(=O)C1)NCCc1cc(C)ccc1OC. The van der Waals surface area contributed by atoms with Gasteiger partial charge in [-0.05, 0) is 44.2 Å². The molecule has 0 saturated carbocycles. The summed E-state index contributed by atoms with van der Waals surface area (Å²) in [6.45, 7) is 6.12. The second-order valence-electron chi connectivity index (χ2n) is 6.48. The molecule has 6 nitrogen and oxygen atoms in total. The zero-order valence-electron chi connectivity index (χ0n) is 15.3. The van der Waals surface area contributed by atoms with Crippen molar-refractivity contribution in [3.8, 4) is 5.75 Å². The third-order valence-corrected chi connectivity index (χ3v) is 6.14. The third-order valence-electron chi connectivity index (χ3n) is 4.30. The lowest BCUT2D eigenvalue weighted by atomic mass is 10.1. The van der Waals surface area contributed by atoms with E-state index in [-0.39, 0.29) is 11.7 Å². The Labute approximate surface area is 151 Å². The Bertz CT molecular complexity index is 702. The molecule has 2 rings (SSSR count). The highest BCUT2D eigenvalue weighted by Crippen LogP contribution is 2.20. The molecule has 1 saturated heterocycles. The monoisotopic (exact) mass is 367 g/mol. The van der Waals surface area contributed by atoms with E-state index in [1.165, 1.54) is 5.56 Å². The van der Waals surface area contributed by atoms with Crippen molar-refractivity contribution in [2.75, 3.05) is 38.2 Å². The minimum Gasteiger partial charge on any atom is -0.496 e. The zero-order valence-corrected chi connectivity index (χ0v) is 16.2. The predicted molar refractivity (Wildman–Crippen MR) is 102 cm³/mol. The minimum atomic E-state index is -2.84. The number of aryl methyl sites for hydroxylation is 1. The molecule has 0 aromatic heterocycles. The number of methoxy groups -OCH3 is 1. The maximum absolute atomic E-state index is 11.5. The first kappa shape index (κ1) is 19.6. The molecular formula is C18H29N3O3S. The van der Waals surface area contributed by atoms with Gasteiger partial charge in [0.15, 0.2) is 15.8 Å². The largest absolute Gasteiger partial charge is 0.496 e. The number of nitrogens with one attached hydrogen (secondary N) is 2. The van der Waals surface area contributed by atoms with Crippen molar-refractivity contribution in [3.63, 3.8) is 0 Å². The van der Waals surface area contributed by atoms with Gasteiger partial charge in [-0.2, -0.15) is 0 Å². The summed E-state index contributed by atoms with van der Waals surface area (Å²) in [5, 5.41) is 6.53. The van der Waals surface area contributed by atoms with Crippen LogP contribution in [0.2, 0.25) is 0 Å². The number of hydrogen-bond acceptors (Lipinski definition) is 4. The van der Waals surface area contributed by atoms with E-state index in [1.807, 2.05) is 19.1 Å². The van der Waals surface area contributed by atoms with Crippen LogP contribution in [-0.2, 0) is 16.3 Å². The second-order valence-corrected chi connectivity index (χ2v) is 8.71. The molecule has 0 amide bonds. The van der Waals surface area contributed by atoms with Gasteiger partial charge in [-0.25, -0.2) is 8.42 Å². The van der Waals surface area contributed by atoms with Gasteiger partial charge >= 0.3 is 0 Å². The number of benzene rings is 1. The maximum Gasteiger partial charge on any atom is 0.191 e. The smallest absolute Gasteiger partial charge is 0.191 e. The molecule has 1 unspecified atom stereocenters. The predicted octanol–water partition coefficient (Wildman–Crippen LogP) is 1.54. The lowest BCUT2D eigenvalue weighted by molar-refractivity contribution is 0.409. The second kappa shape index (κ2) is 9.08. The van der Waals surface area contributed by atoms with E-state index < -0.39 is 9.84 Å². The highest BCUT2D eigenvalue weighted by molar-refractivity contribution is 7.91. The highest BCUT2D eigenvalue weighted by atomic mass is 32.2. The van der Waals surface area contributed by atoms with E-state index in [4.69, 9.17) is 4.74 Å². The van der Waals surface area contributed by atoms with Gasteiger partial charge in [0.05, 0.1) is 18.6 Å². The average Bonchev–Trinajstić information content (AvgIpc) is 2.92. The van der Waals surface area contributed by atoms with Crippen molar-refractivity contribution < 1.29 is 13.2 Å². The van der Waals surface area contributed by atoms with Crippen molar-refractivity contribution in [1.82, 2.24) is 10.6 Å². The summed E-state index contributed by atoms with van der Waals surface area (Å²) in [6, 6.07) is 6.16. The van der Waals surface area contributed by atoms with Crippen LogP contribution in [0.4, 0.5) is 0 Å². The summed E-state index contributed by atoms with van der Waals surface area (Å²) in [6.07, 6.45) is 1.54. The highest BCUT2D eigenvalue weighted by Gasteiger charge is 2.27. The van der Waals surface area contributed by atoms with Gasteiger partial charge in [-0.15, -0.1) is 0 Å². The molecule has 2 N–H and O–H groups in total. The number of hydrogen-bond donors (Lipinski definition) is 2. The Morgan fingerprint density at radius 2 is 2.16 bits per heavy atom. The van der Waals surface area contributed by atoms with Gasteiger partial charge in [-0.3, -0.25) is 4.99 Å². The fourth-order valence-corrected chi connectivity index (χ4v) is 4.85. The van der Waals surface area contributed by atoms with E-state index in [9.17, 15) is 8.42 Å². The van der Waals surface area contributed by atoms with Crippen LogP contribution in [0.5, 0.6) is 5.75 Å². The fourth-order valence-electron chi connectivity index (χ4n) is 3.00. The van der Waals surface area contributed by atoms with Crippen LogP contribution in [0.25, 0.3) is 0 Å². The van der Waals surface area contributed by atoms with E-state index in [2.05, 4.69) is 28.6 Å². The van der Waals surface area contributed by atoms with E-state index in [0.29, 0.717) is 18.7 Å². The molecule has 1 aromatic rings. The number of aliphatic imine (C=N–C) groups is 1. The Hall–Kier alpha value is -1.76. The van der Waals surface area contributed by atoms with Crippen LogP contribution in [0.15, 0.2) is 23.2 Å². The molecule has 1 fully saturated rings. The van der Waals surface area contributed by atoms with E-state index in [0.717, 1.165) is 36.8 Å². The molecule has 0 spiro atoms. The van der Waals surface area contributed by atoms with Crippen LogP contribution in [0.1, 0.15) is 24.5 Å². The Morgan fingerprint density at radius 3 is 2.80 bits per heavy atom. The van der Waals surface area contributed by atoms with Gasteiger partial charge in [0, 0.05) is 19.6 Å². The molecule has 1 aliphatic rings. The summed E-state index contributed by atoms with van der Waals surface area (Å²) in [5.74, 6) is 2.32. The molecule has 1 aliphatic heterocycles. The van der Waals surface area contributed by atoms with Crippen molar-refractivity contribution in [3.05, 3.63) is 29.3 Å². The van der Waals surface area contributed by atoms with Crippen molar-refractivity contribution in [1.29, 1.82) is 0 Å². The lowest BCUT2D eigenvalue weighted by Crippen LogP contribution is -2.38. The topological polar surface area (TPSA) is 79.8 Å². The van der Waals surface area contributed by atoms with Crippen LogP contribution in [-0.4, -0.2) is 52.6 Å². The van der Waals surface area contributed by atoms with Crippen molar-refractivity contribution >= 4 is 15.8 Å². The molecule has 140 valence electrons. The van der Waals surface area contributed by atoms with E-state index in [1.54, 1.807) is 7.11 Å². The quantitative estimate of drug-likeness (QED) is 0.564. The summed E-state index contributed by atoms with van der Waals surface area (Å²) in [5.41, 5.74) is 2.37. The number of ether oxygens (including phenoxy) is 1. The fraction of sp³-hybridized carbons (Fsp3) is 0.611. The van der Waals surface area contributed by atoms with Crippen LogP contribution in [0, 0.1) is 12.8 Å². The van der Waals surface area contributed by atoms with Gasteiger partial charge in [0.2, 0.25) is 0 Å². The number of rotatable bonds is 7. The maximum atomic E-state index is 11.5. The summed E-state index contributed by atoms with van der Waals surface area (Å²) in [7, 11) is -1.16. The summed E-state index contributed by atoms with van der Waals surface area (Å²) < 4.78 is 28.5. The molecular weight excluding hydrogens is 338 g/mol. The Morgan fingerprint density at radius 1 is 1.36 bits per heavy atom. The van der Waals surface area contributed by atoms with Gasteiger partial charge < -0.3 is 15.4 Å². The molecule has 1 aromatic carbocycles. The Kier molecular flexibility index (Phi) is 7.11. The lowest BCUT2D eigenvalue weighted by Gasteiger charge is -2.14. The summed E-state index contributed by atoms with van der Waals surface area (Å²) >= 11 is 0. The standard InChI is InChI=1S/C18H29N3O3S/c1-4-19-18(21-12-15-8-10-25(22,23)13-15)20-9-7-16-11-14(2)5-6-17(16)24-3/h5-6,11,15H,4,7-10,12-13H2,1-3H3,(H2,19,20,21). The number of nitrogens with zero attached hydrogens (tertiary/aromatic N) is 1. The van der Waals surface area contributed by atoms with Crippen LogP contribution < -0.4 is 15.4 Å². The molecule has 1 heterocycles. The van der Waals surface area contributed by atoms with Crippen molar-refractivity contribution in [2.45, 2.75) is 26.7 Å². The molecule has 25 heavy (non-hydrogen) atoms. The normalized spacial score (nSPS) is 19.6. The average molecular weight is 368 g/mol. The zero-order chi connectivity index (χ0) is 18.3. The van der Waals surface area contributed by atoms with Crippen molar-refractivity contribution in [2.24, 2.45) is 10.9 Å². The van der Waals surface area contributed by atoms with Gasteiger partial charge in [-0.1, -0.05) is 17.7 Å². The van der Waals surface area contributed by atoms with Gasteiger partial charge in [0.25, 0.3) is 0 Å². The molecule has 7 heteroatoms. The molecule has 1 atom stereocenters. The minimum absolute atomic E-state index is 0.136. The van der Waals surface area contributed by atoms with Gasteiger partial charge in [0.1, 0.15) is 5.75 Å². The third kappa shape index (κ3) is 6.23. The Balaban J connectivity index is 1.89. The summed E-state index contributed by atoms with van der Waals surface area (Å²) in [4.78, 5) is 4.55. The first-order valence-electron chi connectivity index (χ1n) is 8.79. The van der Waals surface area contributed by atoms with E-state index >= 15 is 0 Å². The number of sulfone groups is 1. The first-order chi connectivity index (χ1) is 11.9. The van der Waals surface area contributed by atoms with Crippen LogP contribution in [0.3, 0.4) is 0 Å².